The molecule has 0 bridgehead atoms. The number of nitrogens with zero attached hydrogens (tertiary/aromatic N) is 1. The third kappa shape index (κ3) is 3.93. The Morgan fingerprint density at radius 2 is 1.89 bits per heavy atom. The van der Waals surface area contributed by atoms with Gasteiger partial charge in [-0.05, 0) is 24.3 Å². The van der Waals surface area contributed by atoms with Crippen LogP contribution in [-0.4, -0.2) is 17.3 Å². The number of para-hydroxylation sites is 1. The summed E-state index contributed by atoms with van der Waals surface area (Å²) in [5.41, 5.74) is 6.47. The lowest BCUT2D eigenvalue weighted by molar-refractivity contribution is 0.344. The molecule has 0 aliphatic carbocycles. The summed E-state index contributed by atoms with van der Waals surface area (Å²) in [5.74, 6) is 1.23. The van der Waals surface area contributed by atoms with Crippen LogP contribution < -0.4 is 10.5 Å². The van der Waals surface area contributed by atoms with Crippen molar-refractivity contribution in [2.24, 2.45) is 0 Å². The van der Waals surface area contributed by atoms with E-state index < -0.39 is 0 Å². The number of benzene rings is 1. The second kappa shape index (κ2) is 6.89. The van der Waals surface area contributed by atoms with Gasteiger partial charge in [0.15, 0.2) is 5.75 Å². The van der Waals surface area contributed by atoms with E-state index in [0.717, 1.165) is 5.03 Å². The lowest BCUT2D eigenvalue weighted by atomic mass is 10.3. The van der Waals surface area contributed by atoms with Gasteiger partial charge < -0.3 is 10.5 Å². The van der Waals surface area contributed by atoms with Crippen LogP contribution in [0.4, 0.5) is 5.69 Å². The first kappa shape index (κ1) is 14.3. The number of anilines is 1. The number of ether oxygens (including phenoxy) is 1. The van der Waals surface area contributed by atoms with Crippen LogP contribution in [0.25, 0.3) is 0 Å². The van der Waals surface area contributed by atoms with Crippen LogP contribution in [0.15, 0.2) is 41.6 Å². The van der Waals surface area contributed by atoms with E-state index in [1.54, 1.807) is 30.5 Å². The number of thioether (sulfide) groups is 1. The van der Waals surface area contributed by atoms with Crippen LogP contribution in [0.5, 0.6) is 5.75 Å². The van der Waals surface area contributed by atoms with Crippen molar-refractivity contribution in [1.82, 2.24) is 4.98 Å². The molecule has 1 aromatic heterocycles. The zero-order chi connectivity index (χ0) is 13.7. The van der Waals surface area contributed by atoms with Crippen molar-refractivity contribution in [2.75, 3.05) is 18.1 Å². The first-order valence-electron chi connectivity index (χ1n) is 5.58. The molecule has 1 heterocycles. The van der Waals surface area contributed by atoms with E-state index in [0.29, 0.717) is 33.8 Å². The van der Waals surface area contributed by atoms with Gasteiger partial charge in [-0.15, -0.1) is 11.8 Å². The predicted octanol–water partition coefficient (Wildman–Crippen LogP) is 4.14. The van der Waals surface area contributed by atoms with Gasteiger partial charge in [0.2, 0.25) is 0 Å². The molecule has 100 valence electrons. The van der Waals surface area contributed by atoms with Crippen molar-refractivity contribution in [2.45, 2.75) is 5.03 Å². The molecule has 0 spiro atoms. The molecule has 0 aliphatic heterocycles. The summed E-state index contributed by atoms with van der Waals surface area (Å²) in [6.07, 6.45) is 1.71. The SMILES string of the molecule is Nc1cccnc1SCCOc1c(Cl)cccc1Cl. The van der Waals surface area contributed by atoms with E-state index in [-0.39, 0.29) is 0 Å². The highest BCUT2D eigenvalue weighted by Crippen LogP contribution is 2.32. The van der Waals surface area contributed by atoms with Gasteiger partial charge >= 0.3 is 0 Å². The van der Waals surface area contributed by atoms with Crippen molar-refractivity contribution < 1.29 is 4.74 Å². The summed E-state index contributed by atoms with van der Waals surface area (Å²) >= 11 is 13.5. The van der Waals surface area contributed by atoms with Gasteiger partial charge in [-0.25, -0.2) is 4.98 Å². The molecule has 0 atom stereocenters. The average molecular weight is 315 g/mol. The molecule has 2 aromatic rings. The highest BCUT2D eigenvalue weighted by Gasteiger charge is 2.06. The molecule has 2 rings (SSSR count). The van der Waals surface area contributed by atoms with Crippen LogP contribution in [-0.2, 0) is 0 Å². The maximum atomic E-state index is 6.00. The quantitative estimate of drug-likeness (QED) is 0.665. The first-order chi connectivity index (χ1) is 9.18. The summed E-state index contributed by atoms with van der Waals surface area (Å²) in [6.45, 7) is 0.476. The molecule has 0 saturated heterocycles. The molecule has 2 N–H and O–H groups in total. The van der Waals surface area contributed by atoms with Gasteiger partial charge in [0, 0.05) is 11.9 Å². The summed E-state index contributed by atoms with van der Waals surface area (Å²) in [5, 5.41) is 1.82. The maximum Gasteiger partial charge on any atom is 0.156 e. The lowest BCUT2D eigenvalue weighted by Gasteiger charge is -2.09. The molecule has 19 heavy (non-hydrogen) atoms. The number of rotatable bonds is 5. The van der Waals surface area contributed by atoms with Gasteiger partial charge in [-0.3, -0.25) is 0 Å². The van der Waals surface area contributed by atoms with E-state index in [4.69, 9.17) is 33.7 Å². The summed E-state index contributed by atoms with van der Waals surface area (Å²) in [6, 6.07) is 8.89. The molecule has 0 fully saturated rings. The van der Waals surface area contributed by atoms with Gasteiger partial charge in [0.1, 0.15) is 5.03 Å². The largest absolute Gasteiger partial charge is 0.490 e. The molecular formula is C13H12Cl2N2OS. The molecule has 0 unspecified atom stereocenters. The first-order valence-corrected chi connectivity index (χ1v) is 7.32. The molecule has 0 saturated carbocycles. The van der Waals surface area contributed by atoms with Crippen molar-refractivity contribution in [3.63, 3.8) is 0 Å². The normalized spacial score (nSPS) is 10.4. The Balaban J connectivity index is 1.86. The van der Waals surface area contributed by atoms with Crippen LogP contribution in [0.3, 0.4) is 0 Å². The Hall–Kier alpha value is -1.10. The van der Waals surface area contributed by atoms with E-state index in [2.05, 4.69) is 4.98 Å². The van der Waals surface area contributed by atoms with Crippen molar-refractivity contribution in [3.8, 4) is 5.75 Å². The number of pyridine rings is 1. The summed E-state index contributed by atoms with van der Waals surface area (Å²) in [7, 11) is 0. The number of aromatic nitrogens is 1. The Bertz CT molecular complexity index is 546. The monoisotopic (exact) mass is 314 g/mol. The van der Waals surface area contributed by atoms with Crippen LogP contribution >= 0.6 is 35.0 Å². The van der Waals surface area contributed by atoms with E-state index in [1.807, 2.05) is 6.07 Å². The Labute approximate surface area is 126 Å². The molecule has 1 aromatic carbocycles. The second-order valence-corrected chi connectivity index (χ2v) is 5.54. The summed E-state index contributed by atoms with van der Waals surface area (Å²) in [4.78, 5) is 4.19. The minimum atomic E-state index is 0.476. The third-order valence-corrected chi connectivity index (χ3v) is 3.87. The van der Waals surface area contributed by atoms with Gasteiger partial charge in [-0.2, -0.15) is 0 Å². The number of hydrogen-bond acceptors (Lipinski definition) is 4. The standard InChI is InChI=1S/C13H12Cl2N2OS/c14-9-3-1-4-10(15)12(9)18-7-8-19-13-11(16)5-2-6-17-13/h1-6H,7-8,16H2. The predicted molar refractivity (Wildman–Crippen MR) is 81.3 cm³/mol. The van der Waals surface area contributed by atoms with E-state index in [9.17, 15) is 0 Å². The molecule has 0 aliphatic rings. The van der Waals surface area contributed by atoms with Crippen LogP contribution in [0, 0.1) is 0 Å². The topological polar surface area (TPSA) is 48.1 Å². The van der Waals surface area contributed by atoms with Gasteiger partial charge in [-0.1, -0.05) is 29.3 Å². The van der Waals surface area contributed by atoms with Crippen LogP contribution in [0.1, 0.15) is 0 Å². The molecule has 0 amide bonds. The zero-order valence-corrected chi connectivity index (χ0v) is 12.3. The molecular weight excluding hydrogens is 303 g/mol. The number of halogens is 2. The molecule has 3 nitrogen and oxygen atoms in total. The van der Waals surface area contributed by atoms with Gasteiger partial charge in [0.25, 0.3) is 0 Å². The van der Waals surface area contributed by atoms with Crippen LogP contribution in [0.2, 0.25) is 10.0 Å². The fourth-order valence-corrected chi connectivity index (χ4v) is 2.66. The fraction of sp³-hybridized carbons (Fsp3) is 0.154. The zero-order valence-electron chi connectivity index (χ0n) is 9.98. The highest BCUT2D eigenvalue weighted by atomic mass is 35.5. The van der Waals surface area contributed by atoms with Crippen molar-refractivity contribution in [3.05, 3.63) is 46.6 Å². The van der Waals surface area contributed by atoms with Crippen molar-refractivity contribution in [1.29, 1.82) is 0 Å². The smallest absolute Gasteiger partial charge is 0.156 e. The Kier molecular flexibility index (Phi) is 5.19. The third-order valence-electron chi connectivity index (χ3n) is 2.29. The molecule has 6 heteroatoms. The number of nitrogens with two attached hydrogens (primary N) is 1. The van der Waals surface area contributed by atoms with E-state index >= 15 is 0 Å². The fourth-order valence-electron chi connectivity index (χ4n) is 1.43. The number of hydrogen-bond donors (Lipinski definition) is 1. The number of nitrogen functional groups attached to an aromatic ring is 1. The Morgan fingerprint density at radius 1 is 1.16 bits per heavy atom. The average Bonchev–Trinajstić information content (AvgIpc) is 2.39. The highest BCUT2D eigenvalue weighted by molar-refractivity contribution is 7.99. The minimum absolute atomic E-state index is 0.476. The Morgan fingerprint density at radius 3 is 2.58 bits per heavy atom. The van der Waals surface area contributed by atoms with E-state index in [1.165, 1.54) is 11.8 Å². The lowest BCUT2D eigenvalue weighted by Crippen LogP contribution is -2.02. The maximum absolute atomic E-state index is 6.00. The second-order valence-electron chi connectivity index (χ2n) is 3.65. The molecule has 0 radical (unpaired) electrons. The summed E-state index contributed by atoms with van der Waals surface area (Å²) < 4.78 is 5.58. The van der Waals surface area contributed by atoms with Crippen molar-refractivity contribution >= 4 is 40.7 Å². The van der Waals surface area contributed by atoms with Gasteiger partial charge in [0.05, 0.1) is 22.3 Å². The minimum Gasteiger partial charge on any atom is -0.490 e.